The SMILES string of the molecule is CCCCNC(=O)[C@H](Cc1ccccc1)N(Cc1ccc(Cl)cc1)C(=O)CN(c1ccc(Oc2ccccc2)cc1)S(C)(=O)=O. The highest BCUT2D eigenvalue weighted by Gasteiger charge is 2.33. The molecule has 0 aromatic heterocycles. The Hall–Kier alpha value is -4.34. The molecule has 0 spiro atoms. The molecule has 0 saturated carbocycles. The summed E-state index contributed by atoms with van der Waals surface area (Å²) in [7, 11) is -3.89. The summed E-state index contributed by atoms with van der Waals surface area (Å²) in [6, 6.07) is 31.3. The third-order valence-corrected chi connectivity index (χ3v) is 8.54. The number of unbranched alkanes of at least 4 members (excludes halogenated alkanes) is 1. The number of rotatable bonds is 15. The molecule has 4 aromatic rings. The van der Waals surface area contributed by atoms with Crippen molar-refractivity contribution in [1.29, 1.82) is 0 Å². The van der Waals surface area contributed by atoms with Gasteiger partial charge >= 0.3 is 0 Å². The van der Waals surface area contributed by atoms with Crippen molar-refractivity contribution in [2.75, 3.05) is 23.7 Å². The van der Waals surface area contributed by atoms with E-state index in [9.17, 15) is 18.0 Å². The van der Waals surface area contributed by atoms with E-state index in [4.69, 9.17) is 16.3 Å². The number of hydrogen-bond donors (Lipinski definition) is 1. The number of benzene rings is 4. The molecule has 0 aliphatic carbocycles. The first-order chi connectivity index (χ1) is 21.6. The van der Waals surface area contributed by atoms with E-state index >= 15 is 0 Å². The minimum absolute atomic E-state index is 0.0795. The first-order valence-corrected chi connectivity index (χ1v) is 17.0. The fraction of sp³-hybridized carbons (Fsp3) is 0.257. The standard InChI is InChI=1S/C35H38ClN3O5S/c1-3-4-23-37-35(41)33(24-27-11-7-5-8-12-27)38(25-28-15-17-29(36)18-16-28)34(40)26-39(45(2,42)43)30-19-21-32(22-20-30)44-31-13-9-6-10-14-31/h5-22,33H,3-4,23-26H2,1-2H3,(H,37,41)/t33-/m0/s1. The van der Waals surface area contributed by atoms with Gasteiger partial charge in [-0.2, -0.15) is 0 Å². The summed E-state index contributed by atoms with van der Waals surface area (Å²) in [6.45, 7) is 2.08. The van der Waals surface area contributed by atoms with Gasteiger partial charge in [0.05, 0.1) is 11.9 Å². The van der Waals surface area contributed by atoms with Crippen LogP contribution in [0.1, 0.15) is 30.9 Å². The average molecular weight is 648 g/mol. The quantitative estimate of drug-likeness (QED) is 0.150. The zero-order valence-electron chi connectivity index (χ0n) is 25.4. The molecule has 0 unspecified atom stereocenters. The molecule has 1 atom stereocenters. The molecule has 0 radical (unpaired) electrons. The molecule has 0 bridgehead atoms. The van der Waals surface area contributed by atoms with Gasteiger partial charge in [-0.1, -0.05) is 85.6 Å². The first-order valence-electron chi connectivity index (χ1n) is 14.8. The van der Waals surface area contributed by atoms with Crippen LogP contribution in [0.4, 0.5) is 5.69 Å². The van der Waals surface area contributed by atoms with Crippen LogP contribution >= 0.6 is 11.6 Å². The van der Waals surface area contributed by atoms with Gasteiger partial charge < -0.3 is 15.0 Å². The van der Waals surface area contributed by atoms with Crippen molar-refractivity contribution in [2.24, 2.45) is 0 Å². The summed E-state index contributed by atoms with van der Waals surface area (Å²) in [5.74, 6) is 0.329. The van der Waals surface area contributed by atoms with Crippen molar-refractivity contribution >= 4 is 39.1 Å². The van der Waals surface area contributed by atoms with Gasteiger partial charge in [0, 0.05) is 24.5 Å². The Morgan fingerprint density at radius 3 is 2.02 bits per heavy atom. The Bertz CT molecular complexity index is 1630. The predicted octanol–water partition coefficient (Wildman–Crippen LogP) is 6.45. The van der Waals surface area contributed by atoms with E-state index in [2.05, 4.69) is 5.32 Å². The van der Waals surface area contributed by atoms with Crippen molar-refractivity contribution in [3.05, 3.63) is 125 Å². The molecular weight excluding hydrogens is 610 g/mol. The van der Waals surface area contributed by atoms with Crippen LogP contribution in [0.2, 0.25) is 5.02 Å². The Morgan fingerprint density at radius 2 is 1.42 bits per heavy atom. The number of amides is 2. The smallest absolute Gasteiger partial charge is 0.244 e. The van der Waals surface area contributed by atoms with Crippen molar-refractivity contribution in [3.63, 3.8) is 0 Å². The van der Waals surface area contributed by atoms with Gasteiger partial charge in [0.25, 0.3) is 0 Å². The Balaban J connectivity index is 1.66. The maximum atomic E-state index is 14.2. The average Bonchev–Trinajstić information content (AvgIpc) is 3.03. The number of halogens is 1. The van der Waals surface area contributed by atoms with Crippen LogP contribution in [0.3, 0.4) is 0 Å². The maximum Gasteiger partial charge on any atom is 0.244 e. The molecule has 8 nitrogen and oxygen atoms in total. The van der Waals surface area contributed by atoms with E-state index in [1.807, 2.05) is 67.6 Å². The van der Waals surface area contributed by atoms with Crippen LogP contribution in [-0.2, 0) is 32.6 Å². The van der Waals surface area contributed by atoms with Crippen molar-refractivity contribution in [3.8, 4) is 11.5 Å². The second-order valence-electron chi connectivity index (χ2n) is 10.7. The third kappa shape index (κ3) is 10.1. The number of carbonyl (C=O) groups is 2. The number of nitrogens with zero attached hydrogens (tertiary/aromatic N) is 2. The number of para-hydroxylation sites is 1. The lowest BCUT2D eigenvalue weighted by Gasteiger charge is -2.33. The summed E-state index contributed by atoms with van der Waals surface area (Å²) in [5.41, 5.74) is 1.92. The molecule has 45 heavy (non-hydrogen) atoms. The highest BCUT2D eigenvalue weighted by Crippen LogP contribution is 2.26. The number of hydrogen-bond acceptors (Lipinski definition) is 5. The van der Waals surface area contributed by atoms with Crippen molar-refractivity contribution in [2.45, 2.75) is 38.8 Å². The van der Waals surface area contributed by atoms with Crippen LogP contribution in [0.25, 0.3) is 0 Å². The van der Waals surface area contributed by atoms with E-state index in [-0.39, 0.29) is 18.9 Å². The molecule has 4 aromatic carbocycles. The van der Waals surface area contributed by atoms with Gasteiger partial charge in [-0.15, -0.1) is 0 Å². The molecule has 236 valence electrons. The fourth-order valence-electron chi connectivity index (χ4n) is 4.77. The monoisotopic (exact) mass is 647 g/mol. The summed E-state index contributed by atoms with van der Waals surface area (Å²) >= 11 is 6.12. The Kier molecular flexibility index (Phi) is 12.0. The molecule has 4 rings (SSSR count). The number of nitrogens with one attached hydrogen (secondary N) is 1. The van der Waals surface area contributed by atoms with Crippen LogP contribution in [0.15, 0.2) is 109 Å². The lowest BCUT2D eigenvalue weighted by molar-refractivity contribution is -0.140. The molecule has 0 saturated heterocycles. The number of ether oxygens (including phenoxy) is 1. The first kappa shape index (κ1) is 33.6. The number of carbonyl (C=O) groups excluding carboxylic acids is 2. The van der Waals surface area contributed by atoms with Gasteiger partial charge in [0.2, 0.25) is 21.8 Å². The Labute approximate surface area is 270 Å². The lowest BCUT2D eigenvalue weighted by atomic mass is 10.0. The topological polar surface area (TPSA) is 96.0 Å². The van der Waals surface area contributed by atoms with Gasteiger partial charge in [-0.25, -0.2) is 8.42 Å². The lowest BCUT2D eigenvalue weighted by Crippen LogP contribution is -2.53. The molecule has 0 aliphatic rings. The van der Waals surface area contributed by atoms with E-state index in [1.165, 1.54) is 4.90 Å². The molecule has 2 amide bonds. The second-order valence-corrected chi connectivity index (χ2v) is 13.0. The molecule has 0 fully saturated rings. The van der Waals surface area contributed by atoms with Crippen LogP contribution in [0, 0.1) is 0 Å². The largest absolute Gasteiger partial charge is 0.457 e. The Morgan fingerprint density at radius 1 is 0.822 bits per heavy atom. The third-order valence-electron chi connectivity index (χ3n) is 7.15. The van der Waals surface area contributed by atoms with Crippen LogP contribution in [0.5, 0.6) is 11.5 Å². The maximum absolute atomic E-state index is 14.2. The van der Waals surface area contributed by atoms with Gasteiger partial charge in [-0.05, 0) is 66.1 Å². The minimum Gasteiger partial charge on any atom is -0.457 e. The van der Waals surface area contributed by atoms with Crippen molar-refractivity contribution < 1.29 is 22.7 Å². The van der Waals surface area contributed by atoms with Crippen LogP contribution < -0.4 is 14.4 Å². The zero-order valence-corrected chi connectivity index (χ0v) is 27.0. The number of anilines is 1. The van der Waals surface area contributed by atoms with Gasteiger partial charge in [0.15, 0.2) is 0 Å². The molecular formula is C35H38ClN3O5S. The van der Waals surface area contributed by atoms with E-state index in [1.54, 1.807) is 48.5 Å². The van der Waals surface area contributed by atoms with E-state index in [0.717, 1.165) is 34.5 Å². The van der Waals surface area contributed by atoms with Crippen molar-refractivity contribution in [1.82, 2.24) is 10.2 Å². The molecule has 10 heteroatoms. The molecule has 0 heterocycles. The highest BCUT2D eigenvalue weighted by atomic mass is 35.5. The molecule has 0 aliphatic heterocycles. The minimum atomic E-state index is -3.89. The highest BCUT2D eigenvalue weighted by molar-refractivity contribution is 7.92. The second kappa shape index (κ2) is 16.1. The number of sulfonamides is 1. The fourth-order valence-corrected chi connectivity index (χ4v) is 5.74. The van der Waals surface area contributed by atoms with Gasteiger partial charge in [-0.3, -0.25) is 13.9 Å². The van der Waals surface area contributed by atoms with Crippen LogP contribution in [-0.4, -0.2) is 50.5 Å². The normalized spacial score (nSPS) is 11.8. The summed E-state index contributed by atoms with van der Waals surface area (Å²) in [6.07, 6.45) is 3.00. The molecule has 1 N–H and O–H groups in total. The van der Waals surface area contributed by atoms with E-state index in [0.29, 0.717) is 28.8 Å². The van der Waals surface area contributed by atoms with E-state index < -0.39 is 28.5 Å². The van der Waals surface area contributed by atoms with Gasteiger partial charge in [0.1, 0.15) is 24.1 Å². The summed E-state index contributed by atoms with van der Waals surface area (Å²) < 4.78 is 33.0. The predicted molar refractivity (Wildman–Crippen MR) is 179 cm³/mol. The summed E-state index contributed by atoms with van der Waals surface area (Å²) in [5, 5.41) is 3.52. The summed E-state index contributed by atoms with van der Waals surface area (Å²) in [4.78, 5) is 29.4. The zero-order chi connectivity index (χ0) is 32.2.